The molecule has 1 fully saturated rings. The highest BCUT2D eigenvalue weighted by molar-refractivity contribution is 7.92. The topological polar surface area (TPSA) is 130 Å². The zero-order chi connectivity index (χ0) is 29.1. The second-order valence-corrected chi connectivity index (χ2v) is 11.1. The summed E-state index contributed by atoms with van der Waals surface area (Å²) in [5, 5.41) is 5.49. The van der Waals surface area contributed by atoms with E-state index in [0.29, 0.717) is 36.1 Å². The van der Waals surface area contributed by atoms with Crippen molar-refractivity contribution >= 4 is 39.2 Å². The second-order valence-electron chi connectivity index (χ2n) is 9.06. The number of alkyl halides is 3. The molecule has 3 aromatic rings. The summed E-state index contributed by atoms with van der Waals surface area (Å²) in [6, 6.07) is 7.80. The van der Waals surface area contributed by atoms with Crippen LogP contribution in [0.15, 0.2) is 42.7 Å². The van der Waals surface area contributed by atoms with Gasteiger partial charge in [0.05, 0.1) is 19.1 Å². The molecule has 214 valence electrons. The number of ether oxygens (including phenoxy) is 1. The summed E-state index contributed by atoms with van der Waals surface area (Å²) < 4.78 is 71.6. The molecule has 0 saturated carbocycles. The quantitative estimate of drug-likeness (QED) is 0.388. The fraction of sp³-hybridized carbons (Fsp3) is 0.360. The van der Waals surface area contributed by atoms with E-state index in [2.05, 4.69) is 25.6 Å². The van der Waals surface area contributed by atoms with Crippen LogP contribution in [0, 0.1) is 0 Å². The molecule has 2 aromatic heterocycles. The van der Waals surface area contributed by atoms with Gasteiger partial charge < -0.3 is 20.3 Å². The van der Waals surface area contributed by atoms with Crippen molar-refractivity contribution < 1.29 is 31.1 Å². The predicted molar refractivity (Wildman–Crippen MR) is 143 cm³/mol. The van der Waals surface area contributed by atoms with E-state index in [1.807, 2.05) is 0 Å². The molecule has 11 nitrogen and oxygen atoms in total. The van der Waals surface area contributed by atoms with Gasteiger partial charge in [0.25, 0.3) is 5.91 Å². The Labute approximate surface area is 229 Å². The van der Waals surface area contributed by atoms with Gasteiger partial charge in [0.15, 0.2) is 0 Å². The average Bonchev–Trinajstić information content (AvgIpc) is 3.45. The summed E-state index contributed by atoms with van der Waals surface area (Å²) in [5.41, 5.74) is -0.0167. The third kappa shape index (κ3) is 6.52. The Morgan fingerprint density at radius 2 is 1.90 bits per heavy atom. The van der Waals surface area contributed by atoms with Crippen molar-refractivity contribution in [2.45, 2.75) is 25.6 Å². The number of rotatable bonds is 9. The minimum absolute atomic E-state index is 0.0618. The van der Waals surface area contributed by atoms with E-state index in [4.69, 9.17) is 4.74 Å². The molecule has 4 rings (SSSR count). The first-order valence-electron chi connectivity index (χ1n) is 12.2. The lowest BCUT2D eigenvalue weighted by Gasteiger charge is -2.20. The maximum Gasteiger partial charge on any atom is 0.421 e. The molecular weight excluding hydrogens is 551 g/mol. The number of nitrogens with one attached hydrogen (secondary N) is 2. The molecule has 0 spiro atoms. The molecule has 0 atom stereocenters. The lowest BCUT2D eigenvalue weighted by molar-refractivity contribution is -0.137. The van der Waals surface area contributed by atoms with Crippen molar-refractivity contribution in [3.63, 3.8) is 0 Å². The van der Waals surface area contributed by atoms with Crippen LogP contribution in [0.1, 0.15) is 34.3 Å². The van der Waals surface area contributed by atoms with Crippen LogP contribution in [0.3, 0.4) is 0 Å². The predicted octanol–water partition coefficient (Wildman–Crippen LogP) is 3.89. The van der Waals surface area contributed by atoms with E-state index >= 15 is 0 Å². The lowest BCUT2D eigenvalue weighted by Crippen LogP contribution is -2.27. The molecule has 15 heteroatoms. The highest BCUT2D eigenvalue weighted by Gasteiger charge is 2.35. The Morgan fingerprint density at radius 1 is 1.18 bits per heavy atom. The van der Waals surface area contributed by atoms with Gasteiger partial charge in [-0.2, -0.15) is 18.2 Å². The SMILES string of the molecule is COc1cc(C(=O)N2CCCC2)ccc1Nc1ncc(C(F)(F)F)c(NCc2cccnc2N(C)S(C)(=O)=O)n1. The van der Waals surface area contributed by atoms with Gasteiger partial charge in [-0.1, -0.05) is 6.07 Å². The van der Waals surface area contributed by atoms with Gasteiger partial charge in [0.1, 0.15) is 22.9 Å². The number of likely N-dealkylation sites (tertiary alicyclic amines) is 1. The van der Waals surface area contributed by atoms with Crippen LogP contribution in [0.5, 0.6) is 5.75 Å². The number of carbonyl (C=O) groups is 1. The van der Waals surface area contributed by atoms with Gasteiger partial charge in [0, 0.05) is 50.2 Å². The molecule has 40 heavy (non-hydrogen) atoms. The minimum Gasteiger partial charge on any atom is -0.495 e. The van der Waals surface area contributed by atoms with E-state index < -0.39 is 27.6 Å². The van der Waals surface area contributed by atoms with Gasteiger partial charge in [-0.3, -0.25) is 9.10 Å². The molecule has 1 amide bonds. The summed E-state index contributed by atoms with van der Waals surface area (Å²) in [6.07, 6.45) is 0.138. The van der Waals surface area contributed by atoms with Crippen LogP contribution in [0.4, 0.5) is 36.4 Å². The minimum atomic E-state index is -4.77. The number of sulfonamides is 1. The van der Waals surface area contributed by atoms with Crippen LogP contribution in [0.25, 0.3) is 0 Å². The molecule has 3 heterocycles. The standard InChI is InChI=1S/C25H28F3N7O4S/c1-34(40(3,37)38)22-17(7-6-10-29-22)14-30-21-18(25(26,27)28)15-31-24(33-21)32-19-9-8-16(13-20(19)39-2)23(36)35-11-4-5-12-35/h6-10,13,15H,4-5,11-12,14H2,1-3H3,(H2,30,31,32,33). The molecule has 1 saturated heterocycles. The molecule has 1 aliphatic heterocycles. The van der Waals surface area contributed by atoms with Crippen molar-refractivity contribution in [1.29, 1.82) is 0 Å². The monoisotopic (exact) mass is 579 g/mol. The zero-order valence-corrected chi connectivity index (χ0v) is 22.8. The van der Waals surface area contributed by atoms with Gasteiger partial charge in [-0.05, 0) is 37.1 Å². The van der Waals surface area contributed by atoms with Gasteiger partial charge in [-0.25, -0.2) is 18.4 Å². The highest BCUT2D eigenvalue weighted by atomic mass is 32.2. The highest BCUT2D eigenvalue weighted by Crippen LogP contribution is 2.35. The van der Waals surface area contributed by atoms with Crippen LogP contribution in [-0.2, 0) is 22.7 Å². The fourth-order valence-electron chi connectivity index (χ4n) is 4.12. The average molecular weight is 580 g/mol. The van der Waals surface area contributed by atoms with E-state index in [-0.39, 0.29) is 30.0 Å². The van der Waals surface area contributed by atoms with E-state index in [9.17, 15) is 26.4 Å². The van der Waals surface area contributed by atoms with E-state index in [1.165, 1.54) is 20.4 Å². The van der Waals surface area contributed by atoms with Crippen molar-refractivity contribution in [2.75, 3.05) is 48.4 Å². The molecule has 2 N–H and O–H groups in total. The normalized spacial score (nSPS) is 13.7. The van der Waals surface area contributed by atoms with Gasteiger partial charge >= 0.3 is 6.18 Å². The number of anilines is 4. The zero-order valence-electron chi connectivity index (χ0n) is 22.0. The number of hydrogen-bond donors (Lipinski definition) is 2. The van der Waals surface area contributed by atoms with Crippen molar-refractivity contribution in [3.05, 3.63) is 59.4 Å². The van der Waals surface area contributed by atoms with Crippen molar-refractivity contribution in [3.8, 4) is 5.75 Å². The molecule has 0 bridgehead atoms. The van der Waals surface area contributed by atoms with Crippen LogP contribution >= 0.6 is 0 Å². The lowest BCUT2D eigenvalue weighted by atomic mass is 10.1. The second kappa shape index (κ2) is 11.5. The summed E-state index contributed by atoms with van der Waals surface area (Å²) >= 11 is 0. The number of hydrogen-bond acceptors (Lipinski definition) is 9. The first kappa shape index (κ1) is 28.9. The molecule has 1 aromatic carbocycles. The summed E-state index contributed by atoms with van der Waals surface area (Å²) in [6.45, 7) is 1.15. The Balaban J connectivity index is 1.60. The maximum absolute atomic E-state index is 13.8. The van der Waals surface area contributed by atoms with Crippen molar-refractivity contribution in [1.82, 2.24) is 19.9 Å². The molecule has 0 aliphatic carbocycles. The third-order valence-electron chi connectivity index (χ3n) is 6.29. The van der Waals surface area contributed by atoms with Crippen LogP contribution in [-0.4, -0.2) is 67.7 Å². The largest absolute Gasteiger partial charge is 0.495 e. The number of aromatic nitrogens is 3. The third-order valence-corrected chi connectivity index (χ3v) is 7.46. The number of nitrogens with zero attached hydrogens (tertiary/aromatic N) is 5. The Bertz CT molecular complexity index is 1500. The number of pyridine rings is 1. The number of methoxy groups -OCH3 is 1. The summed E-state index contributed by atoms with van der Waals surface area (Å²) in [4.78, 5) is 26.4. The van der Waals surface area contributed by atoms with Crippen LogP contribution < -0.4 is 19.7 Å². The van der Waals surface area contributed by atoms with Gasteiger partial charge in [0.2, 0.25) is 16.0 Å². The van der Waals surface area contributed by atoms with Crippen molar-refractivity contribution in [2.24, 2.45) is 0 Å². The first-order valence-corrected chi connectivity index (χ1v) is 14.0. The maximum atomic E-state index is 13.8. The fourth-order valence-corrected chi connectivity index (χ4v) is 4.60. The number of halogens is 3. The molecule has 0 radical (unpaired) electrons. The number of benzene rings is 1. The smallest absolute Gasteiger partial charge is 0.421 e. The van der Waals surface area contributed by atoms with E-state index in [0.717, 1.165) is 23.4 Å². The Morgan fingerprint density at radius 3 is 2.55 bits per heavy atom. The summed E-state index contributed by atoms with van der Waals surface area (Å²) in [5.74, 6) is -0.469. The summed E-state index contributed by atoms with van der Waals surface area (Å²) in [7, 11) is -0.957. The van der Waals surface area contributed by atoms with Gasteiger partial charge in [-0.15, -0.1) is 0 Å². The number of amides is 1. The Hall–Kier alpha value is -4.14. The van der Waals surface area contributed by atoms with Crippen LogP contribution in [0.2, 0.25) is 0 Å². The molecule has 1 aliphatic rings. The first-order chi connectivity index (χ1) is 18.9. The molecular formula is C25H28F3N7O4S. The molecule has 0 unspecified atom stereocenters. The number of carbonyl (C=O) groups excluding carboxylic acids is 1. The van der Waals surface area contributed by atoms with E-state index in [1.54, 1.807) is 35.2 Å². The Kier molecular flexibility index (Phi) is 8.32.